The predicted molar refractivity (Wildman–Crippen MR) is 39.5 cm³/mol. The summed E-state index contributed by atoms with van der Waals surface area (Å²) in [5, 5.41) is 9.06. The van der Waals surface area contributed by atoms with Crippen LogP contribution in [-0.2, 0) is 4.74 Å². The molecular formula is C8H14O2. The fourth-order valence-electron chi connectivity index (χ4n) is 1.40. The van der Waals surface area contributed by atoms with Gasteiger partial charge in [0.1, 0.15) is 0 Å². The molecule has 0 saturated carbocycles. The van der Waals surface area contributed by atoms with Crippen LogP contribution in [0.2, 0.25) is 0 Å². The smallest absolute Gasteiger partial charge is 0.155 e. The molecule has 0 amide bonds. The van der Waals surface area contributed by atoms with E-state index in [0.29, 0.717) is 5.92 Å². The van der Waals surface area contributed by atoms with Crippen molar-refractivity contribution in [2.75, 3.05) is 0 Å². The van der Waals surface area contributed by atoms with E-state index in [2.05, 4.69) is 13.5 Å². The fraction of sp³-hybridized carbons (Fsp3) is 0.750. The Morgan fingerprint density at radius 3 is 2.50 bits per heavy atom. The number of hydrogen-bond acceptors (Lipinski definition) is 2. The van der Waals surface area contributed by atoms with Crippen LogP contribution < -0.4 is 0 Å². The van der Waals surface area contributed by atoms with Crippen molar-refractivity contribution in [2.45, 2.75) is 32.7 Å². The van der Waals surface area contributed by atoms with Crippen LogP contribution >= 0.6 is 0 Å². The van der Waals surface area contributed by atoms with Crippen LogP contribution in [0.25, 0.3) is 0 Å². The molecule has 1 heterocycles. The lowest BCUT2D eigenvalue weighted by Crippen LogP contribution is -2.14. The van der Waals surface area contributed by atoms with Crippen LogP contribution in [0, 0.1) is 5.92 Å². The number of aliphatic hydroxyl groups is 1. The highest BCUT2D eigenvalue weighted by atomic mass is 16.6. The summed E-state index contributed by atoms with van der Waals surface area (Å²) in [5.74, 6) is 0.410. The maximum atomic E-state index is 9.06. The summed E-state index contributed by atoms with van der Waals surface area (Å²) in [6.45, 7) is 7.78. The van der Waals surface area contributed by atoms with Crippen molar-refractivity contribution in [2.24, 2.45) is 5.92 Å². The number of hydrogen-bond donors (Lipinski definition) is 1. The first-order chi connectivity index (χ1) is 4.61. The Bertz CT molecular complexity index is 142. The average Bonchev–Trinajstić information content (AvgIpc) is 2.10. The molecule has 1 rings (SSSR count). The summed E-state index contributed by atoms with van der Waals surface area (Å²) in [6, 6.07) is 0. The highest BCUT2D eigenvalue weighted by molar-refractivity contribution is 5.02. The molecule has 3 unspecified atom stereocenters. The van der Waals surface area contributed by atoms with E-state index in [1.165, 1.54) is 0 Å². The Balaban J connectivity index is 2.54. The first-order valence-electron chi connectivity index (χ1n) is 3.60. The van der Waals surface area contributed by atoms with Gasteiger partial charge in [-0.25, -0.2) is 0 Å². The lowest BCUT2D eigenvalue weighted by molar-refractivity contribution is -0.0814. The first-order valence-corrected chi connectivity index (χ1v) is 3.60. The number of rotatable bonds is 1. The van der Waals surface area contributed by atoms with Gasteiger partial charge in [-0.1, -0.05) is 19.1 Å². The summed E-state index contributed by atoms with van der Waals surface area (Å²) in [5.41, 5.74) is 1.00. The third kappa shape index (κ3) is 1.39. The van der Waals surface area contributed by atoms with Gasteiger partial charge in [0.05, 0.1) is 6.10 Å². The number of aliphatic hydroxyl groups excluding tert-OH is 1. The van der Waals surface area contributed by atoms with E-state index in [-0.39, 0.29) is 6.10 Å². The molecule has 1 N–H and O–H groups in total. The maximum Gasteiger partial charge on any atom is 0.155 e. The fourth-order valence-corrected chi connectivity index (χ4v) is 1.40. The van der Waals surface area contributed by atoms with Gasteiger partial charge in [-0.3, -0.25) is 0 Å². The zero-order valence-corrected chi connectivity index (χ0v) is 6.50. The van der Waals surface area contributed by atoms with Crippen LogP contribution in [0.5, 0.6) is 0 Å². The molecule has 10 heavy (non-hydrogen) atoms. The van der Waals surface area contributed by atoms with Crippen LogP contribution in [-0.4, -0.2) is 17.5 Å². The number of ether oxygens (including phenoxy) is 1. The second kappa shape index (κ2) is 2.72. The van der Waals surface area contributed by atoms with Gasteiger partial charge in [0, 0.05) is 6.42 Å². The predicted octanol–water partition coefficient (Wildman–Crippen LogP) is 1.31. The minimum absolute atomic E-state index is 0.0648. The van der Waals surface area contributed by atoms with E-state index in [0.717, 1.165) is 12.0 Å². The van der Waals surface area contributed by atoms with Crippen molar-refractivity contribution in [3.8, 4) is 0 Å². The Morgan fingerprint density at radius 1 is 1.70 bits per heavy atom. The van der Waals surface area contributed by atoms with Crippen molar-refractivity contribution < 1.29 is 9.84 Å². The van der Waals surface area contributed by atoms with Gasteiger partial charge in [-0.05, 0) is 12.8 Å². The lowest BCUT2D eigenvalue weighted by atomic mass is 9.99. The van der Waals surface area contributed by atoms with E-state index in [4.69, 9.17) is 9.84 Å². The zero-order valence-electron chi connectivity index (χ0n) is 6.50. The normalized spacial score (nSPS) is 40.1. The van der Waals surface area contributed by atoms with Gasteiger partial charge < -0.3 is 9.84 Å². The Hall–Kier alpha value is -0.340. The molecule has 2 nitrogen and oxygen atoms in total. The highest BCUT2D eigenvalue weighted by Gasteiger charge is 2.30. The maximum absolute atomic E-state index is 9.06. The van der Waals surface area contributed by atoms with Crippen LogP contribution in [0.3, 0.4) is 0 Å². The highest BCUT2D eigenvalue weighted by Crippen LogP contribution is 2.28. The third-order valence-corrected chi connectivity index (χ3v) is 1.88. The van der Waals surface area contributed by atoms with E-state index in [1.54, 1.807) is 0 Å². The molecule has 0 aromatic carbocycles. The van der Waals surface area contributed by atoms with Crippen molar-refractivity contribution in [3.05, 3.63) is 12.2 Å². The summed E-state index contributed by atoms with van der Waals surface area (Å²) in [4.78, 5) is 0. The van der Waals surface area contributed by atoms with Gasteiger partial charge in [-0.2, -0.15) is 0 Å². The van der Waals surface area contributed by atoms with Gasteiger partial charge in [0.15, 0.2) is 6.29 Å². The van der Waals surface area contributed by atoms with Gasteiger partial charge in [-0.15, -0.1) is 0 Å². The lowest BCUT2D eigenvalue weighted by Gasteiger charge is -2.13. The van der Waals surface area contributed by atoms with Crippen molar-refractivity contribution >= 4 is 0 Å². The van der Waals surface area contributed by atoms with E-state index >= 15 is 0 Å². The molecule has 1 fully saturated rings. The second-order valence-electron chi connectivity index (χ2n) is 3.07. The SMILES string of the molecule is C=C(C)C1OC(O)CC1C. The quantitative estimate of drug-likeness (QED) is 0.559. The first kappa shape index (κ1) is 7.76. The minimum atomic E-state index is -0.573. The topological polar surface area (TPSA) is 29.5 Å². The molecule has 0 aliphatic carbocycles. The minimum Gasteiger partial charge on any atom is -0.368 e. The second-order valence-corrected chi connectivity index (χ2v) is 3.07. The molecule has 1 aliphatic rings. The van der Waals surface area contributed by atoms with Crippen molar-refractivity contribution in [1.29, 1.82) is 0 Å². The molecule has 0 aromatic heterocycles. The molecule has 3 atom stereocenters. The van der Waals surface area contributed by atoms with E-state index in [1.807, 2.05) is 6.92 Å². The summed E-state index contributed by atoms with van der Waals surface area (Å²) >= 11 is 0. The Kier molecular flexibility index (Phi) is 2.11. The van der Waals surface area contributed by atoms with Gasteiger partial charge in [0.2, 0.25) is 0 Å². The molecule has 1 aliphatic heterocycles. The van der Waals surface area contributed by atoms with Crippen LogP contribution in [0.1, 0.15) is 20.3 Å². The van der Waals surface area contributed by atoms with Crippen molar-refractivity contribution in [3.63, 3.8) is 0 Å². The molecular weight excluding hydrogens is 128 g/mol. The monoisotopic (exact) mass is 142 g/mol. The van der Waals surface area contributed by atoms with Crippen LogP contribution in [0.15, 0.2) is 12.2 Å². The summed E-state index contributed by atoms with van der Waals surface area (Å²) < 4.78 is 5.19. The Morgan fingerprint density at radius 2 is 2.30 bits per heavy atom. The molecule has 2 heteroatoms. The van der Waals surface area contributed by atoms with E-state index in [9.17, 15) is 0 Å². The van der Waals surface area contributed by atoms with Crippen LogP contribution in [0.4, 0.5) is 0 Å². The summed E-state index contributed by atoms with van der Waals surface area (Å²) in [7, 11) is 0. The third-order valence-electron chi connectivity index (χ3n) is 1.88. The van der Waals surface area contributed by atoms with E-state index < -0.39 is 6.29 Å². The molecule has 0 bridgehead atoms. The molecule has 1 saturated heterocycles. The van der Waals surface area contributed by atoms with Gasteiger partial charge >= 0.3 is 0 Å². The largest absolute Gasteiger partial charge is 0.368 e. The molecule has 0 aromatic rings. The summed E-state index contributed by atoms with van der Waals surface area (Å²) in [6.07, 6.45) is 0.226. The molecule has 0 spiro atoms. The molecule has 58 valence electrons. The average molecular weight is 142 g/mol. The van der Waals surface area contributed by atoms with Gasteiger partial charge in [0.25, 0.3) is 0 Å². The zero-order chi connectivity index (χ0) is 7.72. The molecule has 0 radical (unpaired) electrons. The van der Waals surface area contributed by atoms with Crippen molar-refractivity contribution in [1.82, 2.24) is 0 Å². The standard InChI is InChI=1S/C8H14O2/c1-5(2)8-6(3)4-7(9)10-8/h6-9H,1,4H2,2-3H3. The Labute approximate surface area is 61.5 Å².